The fourth-order valence-corrected chi connectivity index (χ4v) is 2.57. The zero-order valence-electron chi connectivity index (χ0n) is 12.9. The molecule has 0 spiro atoms. The van der Waals surface area contributed by atoms with Gasteiger partial charge in [-0.2, -0.15) is 0 Å². The third-order valence-electron chi connectivity index (χ3n) is 3.91. The SMILES string of the molecule is CN(CC(=O)N1CCC(O)CC1)Cc1ccc([N+](=O)[O-])cc1F. The number of carbonyl (C=O) groups is 1. The maximum Gasteiger partial charge on any atom is 0.272 e. The van der Waals surface area contributed by atoms with Crippen molar-refractivity contribution in [2.75, 3.05) is 26.7 Å². The van der Waals surface area contributed by atoms with E-state index >= 15 is 0 Å². The van der Waals surface area contributed by atoms with Crippen LogP contribution in [0.3, 0.4) is 0 Å². The second-order valence-electron chi connectivity index (χ2n) is 5.82. The average Bonchev–Trinajstić information content (AvgIpc) is 2.49. The molecule has 1 aromatic carbocycles. The number of amides is 1. The molecular formula is C15H20FN3O4. The van der Waals surface area contributed by atoms with E-state index in [2.05, 4.69) is 0 Å². The van der Waals surface area contributed by atoms with Crippen molar-refractivity contribution in [1.29, 1.82) is 0 Å². The molecule has 0 aliphatic carbocycles. The summed E-state index contributed by atoms with van der Waals surface area (Å²) in [6, 6.07) is 3.50. The molecule has 1 heterocycles. The second-order valence-corrected chi connectivity index (χ2v) is 5.82. The number of nitrogens with zero attached hydrogens (tertiary/aromatic N) is 3. The Bertz CT molecular complexity index is 588. The number of likely N-dealkylation sites (tertiary alicyclic amines) is 1. The topological polar surface area (TPSA) is 86.9 Å². The number of carbonyl (C=O) groups excluding carboxylic acids is 1. The highest BCUT2D eigenvalue weighted by molar-refractivity contribution is 5.78. The van der Waals surface area contributed by atoms with E-state index in [-0.39, 0.29) is 30.8 Å². The molecule has 2 rings (SSSR count). The molecular weight excluding hydrogens is 305 g/mol. The van der Waals surface area contributed by atoms with Gasteiger partial charge >= 0.3 is 0 Å². The van der Waals surface area contributed by atoms with Gasteiger partial charge in [0.25, 0.3) is 5.69 Å². The van der Waals surface area contributed by atoms with Crippen LogP contribution in [-0.2, 0) is 11.3 Å². The molecule has 1 amide bonds. The van der Waals surface area contributed by atoms with Gasteiger partial charge < -0.3 is 10.0 Å². The number of nitro benzene ring substituents is 1. The lowest BCUT2D eigenvalue weighted by molar-refractivity contribution is -0.385. The summed E-state index contributed by atoms with van der Waals surface area (Å²) in [7, 11) is 1.69. The van der Waals surface area contributed by atoms with Crippen molar-refractivity contribution in [3.8, 4) is 0 Å². The van der Waals surface area contributed by atoms with E-state index in [4.69, 9.17) is 0 Å². The maximum absolute atomic E-state index is 13.9. The first-order chi connectivity index (χ1) is 10.9. The Morgan fingerprint density at radius 1 is 1.48 bits per heavy atom. The van der Waals surface area contributed by atoms with Gasteiger partial charge in [0, 0.05) is 31.3 Å². The summed E-state index contributed by atoms with van der Waals surface area (Å²) in [4.78, 5) is 25.5. The van der Waals surface area contributed by atoms with Crippen LogP contribution in [0, 0.1) is 15.9 Å². The highest BCUT2D eigenvalue weighted by atomic mass is 19.1. The molecule has 0 radical (unpaired) electrons. The molecule has 126 valence electrons. The van der Waals surface area contributed by atoms with Crippen LogP contribution < -0.4 is 0 Å². The number of halogens is 1. The Morgan fingerprint density at radius 2 is 2.13 bits per heavy atom. The van der Waals surface area contributed by atoms with Crippen molar-refractivity contribution in [1.82, 2.24) is 9.80 Å². The molecule has 1 saturated heterocycles. The molecule has 1 fully saturated rings. The van der Waals surface area contributed by atoms with Crippen molar-refractivity contribution in [2.24, 2.45) is 0 Å². The summed E-state index contributed by atoms with van der Waals surface area (Å²) in [5, 5.41) is 20.0. The van der Waals surface area contributed by atoms with Crippen LogP contribution in [0.4, 0.5) is 10.1 Å². The Hall–Kier alpha value is -2.06. The maximum atomic E-state index is 13.9. The average molecular weight is 325 g/mol. The lowest BCUT2D eigenvalue weighted by Gasteiger charge is -2.31. The number of likely N-dealkylation sites (N-methyl/N-ethyl adjacent to an activating group) is 1. The molecule has 23 heavy (non-hydrogen) atoms. The van der Waals surface area contributed by atoms with Gasteiger partial charge in [0.15, 0.2) is 0 Å². The van der Waals surface area contributed by atoms with E-state index in [1.165, 1.54) is 12.1 Å². The first-order valence-corrected chi connectivity index (χ1v) is 7.44. The Labute approximate surface area is 133 Å². The van der Waals surface area contributed by atoms with Crippen molar-refractivity contribution >= 4 is 11.6 Å². The van der Waals surface area contributed by atoms with Gasteiger partial charge in [-0.1, -0.05) is 0 Å². The summed E-state index contributed by atoms with van der Waals surface area (Å²) in [6.07, 6.45) is 0.810. The Kier molecular flexibility index (Phi) is 5.62. The van der Waals surface area contributed by atoms with Gasteiger partial charge in [-0.3, -0.25) is 19.8 Å². The molecule has 8 heteroatoms. The summed E-state index contributed by atoms with van der Waals surface area (Å²) in [5.41, 5.74) is 0.0109. The first kappa shape index (κ1) is 17.3. The number of aliphatic hydroxyl groups is 1. The van der Waals surface area contributed by atoms with Crippen LogP contribution >= 0.6 is 0 Å². The normalized spacial score (nSPS) is 15.9. The highest BCUT2D eigenvalue weighted by Gasteiger charge is 2.22. The molecule has 1 N–H and O–H groups in total. The van der Waals surface area contributed by atoms with Crippen LogP contribution in [0.15, 0.2) is 18.2 Å². The molecule has 0 aromatic heterocycles. The van der Waals surface area contributed by atoms with Crippen LogP contribution in [0.25, 0.3) is 0 Å². The number of hydrogen-bond acceptors (Lipinski definition) is 5. The second kappa shape index (κ2) is 7.47. The molecule has 1 aliphatic rings. The number of benzene rings is 1. The number of non-ortho nitro benzene ring substituents is 1. The largest absolute Gasteiger partial charge is 0.393 e. The predicted molar refractivity (Wildman–Crippen MR) is 81.2 cm³/mol. The van der Waals surface area contributed by atoms with Gasteiger partial charge in [-0.05, 0) is 26.0 Å². The summed E-state index contributed by atoms with van der Waals surface area (Å²) < 4.78 is 13.9. The molecule has 0 atom stereocenters. The van der Waals surface area contributed by atoms with E-state index in [0.717, 1.165) is 6.07 Å². The summed E-state index contributed by atoms with van der Waals surface area (Å²) >= 11 is 0. The predicted octanol–water partition coefficient (Wildman–Crippen LogP) is 1.15. The zero-order chi connectivity index (χ0) is 17.0. The van der Waals surface area contributed by atoms with Crippen molar-refractivity contribution < 1.29 is 19.2 Å². The van der Waals surface area contributed by atoms with Gasteiger partial charge in [0.2, 0.25) is 5.91 Å². The fraction of sp³-hybridized carbons (Fsp3) is 0.533. The van der Waals surface area contributed by atoms with Gasteiger partial charge in [-0.25, -0.2) is 4.39 Å². The van der Waals surface area contributed by atoms with E-state index in [9.17, 15) is 24.4 Å². The number of hydrogen-bond donors (Lipinski definition) is 1. The van der Waals surface area contributed by atoms with Gasteiger partial charge in [-0.15, -0.1) is 0 Å². The van der Waals surface area contributed by atoms with Crippen molar-refractivity contribution in [2.45, 2.75) is 25.5 Å². The third-order valence-corrected chi connectivity index (χ3v) is 3.91. The molecule has 1 aliphatic heterocycles. The van der Waals surface area contributed by atoms with E-state index in [1.54, 1.807) is 16.8 Å². The van der Waals surface area contributed by atoms with Crippen LogP contribution in [0.2, 0.25) is 0 Å². The van der Waals surface area contributed by atoms with Crippen LogP contribution in [-0.4, -0.2) is 58.5 Å². The van der Waals surface area contributed by atoms with Crippen molar-refractivity contribution in [3.05, 3.63) is 39.7 Å². The third kappa shape index (κ3) is 4.70. The molecule has 0 saturated carbocycles. The molecule has 0 bridgehead atoms. The Morgan fingerprint density at radius 3 is 2.70 bits per heavy atom. The van der Waals surface area contributed by atoms with Gasteiger partial charge in [0.05, 0.1) is 23.6 Å². The van der Waals surface area contributed by atoms with Crippen LogP contribution in [0.5, 0.6) is 0 Å². The molecule has 1 aromatic rings. The zero-order valence-corrected chi connectivity index (χ0v) is 12.9. The monoisotopic (exact) mass is 325 g/mol. The van der Waals surface area contributed by atoms with Gasteiger partial charge in [0.1, 0.15) is 5.82 Å². The minimum absolute atomic E-state index is 0.0679. The fourth-order valence-electron chi connectivity index (χ4n) is 2.57. The van der Waals surface area contributed by atoms with Crippen LogP contribution in [0.1, 0.15) is 18.4 Å². The first-order valence-electron chi connectivity index (χ1n) is 7.44. The summed E-state index contributed by atoms with van der Waals surface area (Å²) in [5.74, 6) is -0.721. The Balaban J connectivity index is 1.90. The molecule has 7 nitrogen and oxygen atoms in total. The molecule has 0 unspecified atom stereocenters. The number of piperidine rings is 1. The highest BCUT2D eigenvalue weighted by Crippen LogP contribution is 2.18. The minimum Gasteiger partial charge on any atom is -0.393 e. The van der Waals surface area contributed by atoms with E-state index in [0.29, 0.717) is 31.5 Å². The smallest absolute Gasteiger partial charge is 0.272 e. The minimum atomic E-state index is -0.653. The van der Waals surface area contributed by atoms with E-state index < -0.39 is 10.7 Å². The van der Waals surface area contributed by atoms with Crippen molar-refractivity contribution in [3.63, 3.8) is 0 Å². The lowest BCUT2D eigenvalue weighted by atomic mass is 10.1. The number of nitro groups is 1. The standard InChI is InChI=1S/C15H20FN3O4/c1-17(10-15(21)18-6-4-13(20)5-7-18)9-11-2-3-12(19(22)23)8-14(11)16/h2-3,8,13,20H,4-7,9-10H2,1H3. The number of rotatable bonds is 5. The lowest BCUT2D eigenvalue weighted by Crippen LogP contribution is -2.44. The quantitative estimate of drug-likeness (QED) is 0.648. The number of aliphatic hydroxyl groups excluding tert-OH is 1. The summed E-state index contributed by atoms with van der Waals surface area (Å²) in [6.45, 7) is 1.37. The van der Waals surface area contributed by atoms with E-state index in [1.807, 2.05) is 0 Å².